The van der Waals surface area contributed by atoms with E-state index in [1.165, 1.54) is 45.2 Å². The van der Waals surface area contributed by atoms with Gasteiger partial charge in [0.25, 0.3) is 0 Å². The van der Waals surface area contributed by atoms with Crippen LogP contribution >= 0.6 is 0 Å². The van der Waals surface area contributed by atoms with Gasteiger partial charge in [-0.05, 0) is 38.5 Å². The normalized spacial score (nSPS) is 33.9. The topological polar surface area (TPSA) is 15.3 Å². The maximum atomic E-state index is 3.82. The van der Waals surface area contributed by atoms with Crippen molar-refractivity contribution in [1.29, 1.82) is 0 Å². The molecule has 0 bridgehead atoms. The van der Waals surface area contributed by atoms with Crippen LogP contribution in [0.5, 0.6) is 0 Å². The van der Waals surface area contributed by atoms with Crippen molar-refractivity contribution in [2.45, 2.75) is 71.0 Å². The summed E-state index contributed by atoms with van der Waals surface area (Å²) in [6.45, 7) is 9.64. The Morgan fingerprint density at radius 3 is 2.50 bits per heavy atom. The van der Waals surface area contributed by atoms with Crippen molar-refractivity contribution in [2.24, 2.45) is 5.92 Å². The van der Waals surface area contributed by atoms with Gasteiger partial charge in [-0.15, -0.1) is 0 Å². The fourth-order valence-electron chi connectivity index (χ4n) is 2.86. The van der Waals surface area contributed by atoms with Crippen molar-refractivity contribution in [3.8, 4) is 0 Å². The summed E-state index contributed by atoms with van der Waals surface area (Å²) < 4.78 is 0. The molecule has 2 aliphatic rings. The highest BCUT2D eigenvalue weighted by atomic mass is 15.2. The van der Waals surface area contributed by atoms with Crippen molar-refractivity contribution in [2.75, 3.05) is 13.1 Å². The third-order valence-corrected chi connectivity index (χ3v) is 4.41. The van der Waals surface area contributed by atoms with Gasteiger partial charge >= 0.3 is 0 Å². The molecule has 3 unspecified atom stereocenters. The minimum Gasteiger partial charge on any atom is -0.310 e. The van der Waals surface area contributed by atoms with Crippen molar-refractivity contribution in [3.05, 3.63) is 0 Å². The molecule has 1 heterocycles. The van der Waals surface area contributed by atoms with Crippen LogP contribution in [0, 0.1) is 5.92 Å². The van der Waals surface area contributed by atoms with Gasteiger partial charge in [0, 0.05) is 31.2 Å². The fraction of sp³-hybridized carbons (Fsp3) is 1.00. The molecule has 94 valence electrons. The molecule has 2 nitrogen and oxygen atoms in total. The van der Waals surface area contributed by atoms with Gasteiger partial charge in [-0.2, -0.15) is 0 Å². The SMILES string of the molecule is CCC1CC(NC2CC2)CN(C(C)CC)C1. The van der Waals surface area contributed by atoms with Gasteiger partial charge in [0.1, 0.15) is 0 Å². The standard InChI is InChI=1S/C14H28N2/c1-4-11(3)16-9-12(5-2)8-14(10-16)15-13-6-7-13/h11-15H,4-10H2,1-3H3. The van der Waals surface area contributed by atoms with Gasteiger partial charge in [0.2, 0.25) is 0 Å². The molecule has 1 aliphatic carbocycles. The predicted octanol–water partition coefficient (Wildman–Crippen LogP) is 2.64. The Hall–Kier alpha value is -0.0800. The van der Waals surface area contributed by atoms with Crippen LogP contribution < -0.4 is 5.32 Å². The monoisotopic (exact) mass is 224 g/mol. The van der Waals surface area contributed by atoms with E-state index in [9.17, 15) is 0 Å². The van der Waals surface area contributed by atoms with Crippen LogP contribution in [-0.2, 0) is 0 Å². The summed E-state index contributed by atoms with van der Waals surface area (Å²) in [4.78, 5) is 2.71. The molecule has 2 heteroatoms. The third-order valence-electron chi connectivity index (χ3n) is 4.41. The van der Waals surface area contributed by atoms with Crippen LogP contribution in [0.4, 0.5) is 0 Å². The van der Waals surface area contributed by atoms with E-state index < -0.39 is 0 Å². The number of rotatable bonds is 5. The highest BCUT2D eigenvalue weighted by molar-refractivity contribution is 4.91. The van der Waals surface area contributed by atoms with Gasteiger partial charge in [-0.1, -0.05) is 20.3 Å². The summed E-state index contributed by atoms with van der Waals surface area (Å²) in [5.74, 6) is 0.916. The van der Waals surface area contributed by atoms with E-state index in [2.05, 4.69) is 31.0 Å². The quantitative estimate of drug-likeness (QED) is 0.772. The molecule has 1 aliphatic heterocycles. The Balaban J connectivity index is 1.88. The second-order valence-electron chi connectivity index (χ2n) is 5.86. The van der Waals surface area contributed by atoms with E-state index in [0.29, 0.717) is 0 Å². The van der Waals surface area contributed by atoms with E-state index in [-0.39, 0.29) is 0 Å². The van der Waals surface area contributed by atoms with Gasteiger partial charge in [-0.3, -0.25) is 4.90 Å². The molecule has 0 aromatic carbocycles. The highest BCUT2D eigenvalue weighted by Gasteiger charge is 2.31. The van der Waals surface area contributed by atoms with E-state index in [4.69, 9.17) is 0 Å². The fourth-order valence-corrected chi connectivity index (χ4v) is 2.86. The Bertz CT molecular complexity index is 213. The molecule has 2 fully saturated rings. The predicted molar refractivity (Wildman–Crippen MR) is 69.7 cm³/mol. The van der Waals surface area contributed by atoms with Crippen LogP contribution in [-0.4, -0.2) is 36.1 Å². The second-order valence-corrected chi connectivity index (χ2v) is 5.86. The molecule has 1 N–H and O–H groups in total. The van der Waals surface area contributed by atoms with Crippen molar-refractivity contribution < 1.29 is 0 Å². The molecule has 0 radical (unpaired) electrons. The van der Waals surface area contributed by atoms with Crippen molar-refractivity contribution >= 4 is 0 Å². The number of hydrogen-bond acceptors (Lipinski definition) is 2. The number of piperidine rings is 1. The van der Waals surface area contributed by atoms with E-state index in [1.807, 2.05) is 0 Å². The lowest BCUT2D eigenvalue weighted by Crippen LogP contribution is -2.52. The van der Waals surface area contributed by atoms with E-state index in [1.54, 1.807) is 0 Å². The molecule has 3 atom stereocenters. The summed E-state index contributed by atoms with van der Waals surface area (Å²) in [5.41, 5.74) is 0. The molecular weight excluding hydrogens is 196 g/mol. The average molecular weight is 224 g/mol. The lowest BCUT2D eigenvalue weighted by molar-refractivity contribution is 0.0998. The molecular formula is C14H28N2. The molecule has 0 aromatic heterocycles. The first-order valence-electron chi connectivity index (χ1n) is 7.23. The molecule has 1 saturated carbocycles. The molecule has 0 amide bonds. The van der Waals surface area contributed by atoms with Crippen LogP contribution in [0.2, 0.25) is 0 Å². The van der Waals surface area contributed by atoms with Crippen LogP contribution in [0.25, 0.3) is 0 Å². The first-order chi connectivity index (χ1) is 7.72. The number of nitrogens with one attached hydrogen (secondary N) is 1. The Kier molecular flexibility index (Phi) is 4.26. The molecule has 1 saturated heterocycles. The molecule has 16 heavy (non-hydrogen) atoms. The molecule has 0 spiro atoms. The summed E-state index contributed by atoms with van der Waals surface area (Å²) in [7, 11) is 0. The van der Waals surface area contributed by atoms with Crippen LogP contribution in [0.1, 0.15) is 52.9 Å². The molecule has 2 rings (SSSR count). The number of hydrogen-bond donors (Lipinski definition) is 1. The van der Waals surface area contributed by atoms with Crippen LogP contribution in [0.15, 0.2) is 0 Å². The zero-order valence-electron chi connectivity index (χ0n) is 11.2. The Morgan fingerprint density at radius 1 is 1.19 bits per heavy atom. The van der Waals surface area contributed by atoms with Crippen LogP contribution in [0.3, 0.4) is 0 Å². The summed E-state index contributed by atoms with van der Waals surface area (Å²) in [6.07, 6.45) is 6.86. The minimum absolute atomic E-state index is 0.762. The number of nitrogens with zero attached hydrogens (tertiary/aromatic N) is 1. The largest absolute Gasteiger partial charge is 0.310 e. The van der Waals surface area contributed by atoms with E-state index >= 15 is 0 Å². The summed E-state index contributed by atoms with van der Waals surface area (Å²) in [5, 5.41) is 3.82. The Labute approximate surface area is 101 Å². The minimum atomic E-state index is 0.762. The first-order valence-corrected chi connectivity index (χ1v) is 7.23. The summed E-state index contributed by atoms with van der Waals surface area (Å²) >= 11 is 0. The summed E-state index contributed by atoms with van der Waals surface area (Å²) in [6, 6.07) is 2.39. The zero-order chi connectivity index (χ0) is 11.5. The average Bonchev–Trinajstić information content (AvgIpc) is 3.11. The number of likely N-dealkylation sites (tertiary alicyclic amines) is 1. The highest BCUT2D eigenvalue weighted by Crippen LogP contribution is 2.26. The lowest BCUT2D eigenvalue weighted by Gasteiger charge is -2.41. The van der Waals surface area contributed by atoms with Gasteiger partial charge in [-0.25, -0.2) is 0 Å². The lowest BCUT2D eigenvalue weighted by atomic mass is 9.91. The third kappa shape index (κ3) is 3.21. The van der Waals surface area contributed by atoms with Gasteiger partial charge in [0.05, 0.1) is 0 Å². The molecule has 0 aromatic rings. The maximum absolute atomic E-state index is 3.82. The van der Waals surface area contributed by atoms with Gasteiger partial charge < -0.3 is 5.32 Å². The zero-order valence-corrected chi connectivity index (χ0v) is 11.2. The Morgan fingerprint density at radius 2 is 1.94 bits per heavy atom. The van der Waals surface area contributed by atoms with Crippen molar-refractivity contribution in [1.82, 2.24) is 10.2 Å². The van der Waals surface area contributed by atoms with Crippen molar-refractivity contribution in [3.63, 3.8) is 0 Å². The smallest absolute Gasteiger partial charge is 0.0200 e. The first kappa shape index (κ1) is 12.4. The second kappa shape index (κ2) is 5.50. The maximum Gasteiger partial charge on any atom is 0.0200 e. The van der Waals surface area contributed by atoms with Gasteiger partial charge in [0.15, 0.2) is 0 Å². The van der Waals surface area contributed by atoms with E-state index in [0.717, 1.165) is 24.0 Å².